The van der Waals surface area contributed by atoms with E-state index in [1.807, 2.05) is 13.8 Å². The second kappa shape index (κ2) is 5.40. The van der Waals surface area contributed by atoms with Crippen molar-refractivity contribution in [2.75, 3.05) is 10.5 Å². The SMILES string of the molecule is CCc1nn(C)cc1NS(=O)(=O)c1cc(N)cc(C)c1C. The molecule has 21 heavy (non-hydrogen) atoms. The molecule has 2 rings (SSSR count). The maximum absolute atomic E-state index is 12.6. The molecule has 3 N–H and O–H groups in total. The second-order valence-electron chi connectivity index (χ2n) is 5.08. The Hall–Kier alpha value is -2.02. The third kappa shape index (κ3) is 3.02. The van der Waals surface area contributed by atoms with Gasteiger partial charge in [-0.15, -0.1) is 0 Å². The predicted molar refractivity (Wildman–Crippen MR) is 83.7 cm³/mol. The Morgan fingerprint density at radius 2 is 2.00 bits per heavy atom. The highest BCUT2D eigenvalue weighted by atomic mass is 32.2. The fourth-order valence-corrected chi connectivity index (χ4v) is 3.64. The van der Waals surface area contributed by atoms with Crippen LogP contribution in [0.3, 0.4) is 0 Å². The molecule has 0 aliphatic heterocycles. The quantitative estimate of drug-likeness (QED) is 0.845. The standard InChI is InChI=1S/C14H20N4O2S/c1-5-12-13(8-18(4)16-12)17-21(19,20)14-7-11(15)6-9(2)10(14)3/h6-8,17H,5,15H2,1-4H3. The van der Waals surface area contributed by atoms with Gasteiger partial charge in [-0.2, -0.15) is 5.10 Å². The van der Waals surface area contributed by atoms with Gasteiger partial charge in [0, 0.05) is 18.9 Å². The third-order valence-electron chi connectivity index (χ3n) is 3.42. The summed E-state index contributed by atoms with van der Waals surface area (Å²) in [5, 5.41) is 4.23. The summed E-state index contributed by atoms with van der Waals surface area (Å²) in [5.74, 6) is 0. The van der Waals surface area contributed by atoms with Gasteiger partial charge in [0.25, 0.3) is 10.0 Å². The first-order chi connectivity index (χ1) is 9.74. The molecule has 0 saturated carbocycles. The Labute approximate surface area is 125 Å². The predicted octanol–water partition coefficient (Wildman–Crippen LogP) is 1.98. The van der Waals surface area contributed by atoms with Crippen LogP contribution in [-0.4, -0.2) is 18.2 Å². The zero-order chi connectivity index (χ0) is 15.8. The molecule has 0 amide bonds. The zero-order valence-corrected chi connectivity index (χ0v) is 13.5. The van der Waals surface area contributed by atoms with Crippen LogP contribution in [0.25, 0.3) is 0 Å². The largest absolute Gasteiger partial charge is 0.399 e. The molecule has 0 bridgehead atoms. The monoisotopic (exact) mass is 308 g/mol. The van der Waals surface area contributed by atoms with Gasteiger partial charge < -0.3 is 5.73 Å². The summed E-state index contributed by atoms with van der Waals surface area (Å²) in [7, 11) is -1.93. The van der Waals surface area contributed by atoms with Gasteiger partial charge in [0.1, 0.15) is 0 Å². The number of anilines is 2. The minimum Gasteiger partial charge on any atom is -0.399 e. The van der Waals surface area contributed by atoms with E-state index in [4.69, 9.17) is 5.73 Å². The summed E-state index contributed by atoms with van der Waals surface area (Å²) in [6.07, 6.45) is 2.30. The normalized spacial score (nSPS) is 11.6. The summed E-state index contributed by atoms with van der Waals surface area (Å²) in [6.45, 7) is 5.54. The van der Waals surface area contributed by atoms with Crippen molar-refractivity contribution in [3.63, 3.8) is 0 Å². The average molecular weight is 308 g/mol. The van der Waals surface area contributed by atoms with Crippen molar-refractivity contribution in [1.29, 1.82) is 0 Å². The molecule has 0 radical (unpaired) electrons. The van der Waals surface area contributed by atoms with E-state index in [2.05, 4.69) is 9.82 Å². The van der Waals surface area contributed by atoms with Gasteiger partial charge >= 0.3 is 0 Å². The number of sulfonamides is 1. The smallest absolute Gasteiger partial charge is 0.262 e. The third-order valence-corrected chi connectivity index (χ3v) is 4.91. The van der Waals surface area contributed by atoms with E-state index in [9.17, 15) is 8.42 Å². The topological polar surface area (TPSA) is 90.0 Å². The van der Waals surface area contributed by atoms with Crippen LogP contribution in [0.15, 0.2) is 23.2 Å². The highest BCUT2D eigenvalue weighted by molar-refractivity contribution is 7.92. The van der Waals surface area contributed by atoms with E-state index in [1.165, 1.54) is 6.07 Å². The Kier molecular flexibility index (Phi) is 3.95. The van der Waals surface area contributed by atoms with E-state index in [-0.39, 0.29) is 4.90 Å². The number of hydrogen-bond acceptors (Lipinski definition) is 4. The second-order valence-corrected chi connectivity index (χ2v) is 6.73. The Bertz CT molecular complexity index is 779. The Morgan fingerprint density at radius 1 is 1.33 bits per heavy atom. The molecule has 6 nitrogen and oxygen atoms in total. The molecule has 1 heterocycles. The maximum Gasteiger partial charge on any atom is 0.262 e. The fourth-order valence-electron chi connectivity index (χ4n) is 2.21. The van der Waals surface area contributed by atoms with Crippen molar-refractivity contribution >= 4 is 21.4 Å². The van der Waals surface area contributed by atoms with Gasteiger partial charge in [-0.3, -0.25) is 9.40 Å². The highest BCUT2D eigenvalue weighted by Crippen LogP contribution is 2.25. The first-order valence-corrected chi connectivity index (χ1v) is 8.15. The lowest BCUT2D eigenvalue weighted by Gasteiger charge is -2.12. The molecule has 1 aromatic carbocycles. The molecule has 0 unspecified atom stereocenters. The van der Waals surface area contributed by atoms with Crippen molar-refractivity contribution in [3.05, 3.63) is 35.2 Å². The first-order valence-electron chi connectivity index (χ1n) is 6.66. The molecule has 1 aromatic heterocycles. The lowest BCUT2D eigenvalue weighted by atomic mass is 10.1. The molecule has 0 aliphatic rings. The van der Waals surface area contributed by atoms with E-state index < -0.39 is 10.0 Å². The number of aryl methyl sites for hydroxylation is 3. The van der Waals surface area contributed by atoms with Crippen molar-refractivity contribution in [3.8, 4) is 0 Å². The number of hydrogen-bond donors (Lipinski definition) is 2. The number of rotatable bonds is 4. The summed E-state index contributed by atoms with van der Waals surface area (Å²) < 4.78 is 29.4. The number of benzene rings is 1. The first kappa shape index (κ1) is 15.4. The minimum atomic E-state index is -3.69. The van der Waals surface area contributed by atoms with E-state index in [0.29, 0.717) is 29.1 Å². The molecule has 0 saturated heterocycles. The van der Waals surface area contributed by atoms with Gasteiger partial charge in [0.2, 0.25) is 0 Å². The maximum atomic E-state index is 12.6. The summed E-state index contributed by atoms with van der Waals surface area (Å²) in [4.78, 5) is 0.200. The van der Waals surface area contributed by atoms with Gasteiger partial charge in [-0.1, -0.05) is 6.92 Å². The van der Waals surface area contributed by atoms with Crippen LogP contribution in [0.4, 0.5) is 11.4 Å². The minimum absolute atomic E-state index is 0.200. The summed E-state index contributed by atoms with van der Waals surface area (Å²) >= 11 is 0. The molecular weight excluding hydrogens is 288 g/mol. The number of nitrogen functional groups attached to an aromatic ring is 1. The number of nitrogens with zero attached hydrogens (tertiary/aromatic N) is 2. The van der Waals surface area contributed by atoms with E-state index in [1.54, 1.807) is 30.9 Å². The van der Waals surface area contributed by atoms with Gasteiger partial charge in [0.15, 0.2) is 0 Å². The summed E-state index contributed by atoms with van der Waals surface area (Å²) in [5.41, 5.74) is 8.95. The van der Waals surface area contributed by atoms with Crippen molar-refractivity contribution < 1.29 is 8.42 Å². The Morgan fingerprint density at radius 3 is 2.62 bits per heavy atom. The lowest BCUT2D eigenvalue weighted by Crippen LogP contribution is -2.15. The molecule has 0 atom stereocenters. The fraction of sp³-hybridized carbons (Fsp3) is 0.357. The molecule has 0 fully saturated rings. The van der Waals surface area contributed by atoms with Crippen molar-refractivity contribution in [2.45, 2.75) is 32.1 Å². The van der Waals surface area contributed by atoms with Crippen LogP contribution in [-0.2, 0) is 23.5 Å². The van der Waals surface area contributed by atoms with Crippen molar-refractivity contribution in [1.82, 2.24) is 9.78 Å². The lowest BCUT2D eigenvalue weighted by molar-refractivity contribution is 0.600. The van der Waals surface area contributed by atoms with Gasteiger partial charge in [-0.25, -0.2) is 8.42 Å². The highest BCUT2D eigenvalue weighted by Gasteiger charge is 2.21. The number of aromatic nitrogens is 2. The van der Waals surface area contributed by atoms with Gasteiger partial charge in [-0.05, 0) is 43.5 Å². The van der Waals surface area contributed by atoms with Crippen LogP contribution >= 0.6 is 0 Å². The Balaban J connectivity index is 2.48. The molecule has 7 heteroatoms. The van der Waals surface area contributed by atoms with E-state index in [0.717, 1.165) is 5.56 Å². The molecule has 114 valence electrons. The summed E-state index contributed by atoms with van der Waals surface area (Å²) in [6, 6.07) is 3.24. The van der Waals surface area contributed by atoms with Crippen LogP contribution in [0, 0.1) is 13.8 Å². The zero-order valence-electron chi connectivity index (χ0n) is 12.6. The van der Waals surface area contributed by atoms with Gasteiger partial charge in [0.05, 0.1) is 16.3 Å². The number of nitrogens with two attached hydrogens (primary N) is 1. The molecule has 0 aliphatic carbocycles. The van der Waals surface area contributed by atoms with Crippen LogP contribution in [0.2, 0.25) is 0 Å². The average Bonchev–Trinajstić information content (AvgIpc) is 2.72. The molecule has 2 aromatic rings. The van der Waals surface area contributed by atoms with Crippen LogP contribution in [0.1, 0.15) is 23.7 Å². The molecular formula is C14H20N4O2S. The van der Waals surface area contributed by atoms with Crippen molar-refractivity contribution in [2.24, 2.45) is 7.05 Å². The van der Waals surface area contributed by atoms with Crippen LogP contribution < -0.4 is 10.5 Å². The van der Waals surface area contributed by atoms with Crippen LogP contribution in [0.5, 0.6) is 0 Å². The van der Waals surface area contributed by atoms with E-state index >= 15 is 0 Å². The molecule has 0 spiro atoms. The number of nitrogens with one attached hydrogen (secondary N) is 1.